The lowest BCUT2D eigenvalue weighted by atomic mass is 9.96. The van der Waals surface area contributed by atoms with Crippen molar-refractivity contribution in [2.75, 3.05) is 31.5 Å². The third-order valence-electron chi connectivity index (χ3n) is 4.25. The van der Waals surface area contributed by atoms with Crippen LogP contribution in [0.3, 0.4) is 0 Å². The Labute approximate surface area is 138 Å². The molecule has 2 N–H and O–H groups in total. The molecular weight excluding hydrogens is 290 g/mol. The highest BCUT2D eigenvalue weighted by atomic mass is 16.2. The van der Waals surface area contributed by atoms with Crippen LogP contribution in [0.4, 0.5) is 5.69 Å². The summed E-state index contributed by atoms with van der Waals surface area (Å²) < 4.78 is 0. The summed E-state index contributed by atoms with van der Waals surface area (Å²) in [4.78, 5) is 26.7. The number of carbonyl (C=O) groups excluding carboxylic acids is 2. The number of anilines is 1. The Morgan fingerprint density at radius 3 is 2.61 bits per heavy atom. The van der Waals surface area contributed by atoms with E-state index in [1.165, 1.54) is 0 Å². The quantitative estimate of drug-likeness (QED) is 0.845. The molecule has 2 rings (SSSR count). The molecule has 1 aliphatic rings. The lowest BCUT2D eigenvalue weighted by Gasteiger charge is -2.29. The van der Waals surface area contributed by atoms with Crippen LogP contribution in [0.1, 0.15) is 31.7 Å². The van der Waals surface area contributed by atoms with Gasteiger partial charge in [0.25, 0.3) is 0 Å². The lowest BCUT2D eigenvalue weighted by Crippen LogP contribution is -2.44. The van der Waals surface area contributed by atoms with Crippen molar-refractivity contribution in [3.63, 3.8) is 0 Å². The third-order valence-corrected chi connectivity index (χ3v) is 4.25. The number of rotatable bonds is 6. The minimum atomic E-state index is -0.130. The first kappa shape index (κ1) is 17.5. The molecule has 0 bridgehead atoms. The van der Waals surface area contributed by atoms with Crippen molar-refractivity contribution in [2.45, 2.75) is 33.1 Å². The van der Waals surface area contributed by atoms with E-state index in [1.807, 2.05) is 38.1 Å². The van der Waals surface area contributed by atoms with Gasteiger partial charge in [-0.1, -0.05) is 25.1 Å². The topological polar surface area (TPSA) is 61.4 Å². The summed E-state index contributed by atoms with van der Waals surface area (Å²) in [7, 11) is 0. The zero-order valence-corrected chi connectivity index (χ0v) is 14.1. The van der Waals surface area contributed by atoms with E-state index < -0.39 is 0 Å². The smallest absolute Gasteiger partial charge is 0.244 e. The van der Waals surface area contributed by atoms with Gasteiger partial charge in [0.15, 0.2) is 0 Å². The molecule has 0 saturated carbocycles. The van der Waals surface area contributed by atoms with Gasteiger partial charge in [-0.3, -0.25) is 9.59 Å². The third kappa shape index (κ3) is 5.06. The normalized spacial score (nSPS) is 15.2. The highest BCUT2D eigenvalue weighted by molar-refractivity contribution is 5.95. The number of piperidine rings is 1. The number of para-hydroxylation sites is 1. The van der Waals surface area contributed by atoms with Gasteiger partial charge in [-0.15, -0.1) is 0 Å². The van der Waals surface area contributed by atoms with Crippen LogP contribution in [0.25, 0.3) is 0 Å². The predicted molar refractivity (Wildman–Crippen MR) is 92.3 cm³/mol. The summed E-state index contributed by atoms with van der Waals surface area (Å²) in [6, 6.07) is 7.67. The van der Waals surface area contributed by atoms with E-state index in [4.69, 9.17) is 0 Å². The van der Waals surface area contributed by atoms with Gasteiger partial charge < -0.3 is 15.5 Å². The minimum absolute atomic E-state index is 0.0501. The van der Waals surface area contributed by atoms with Gasteiger partial charge in [0.05, 0.1) is 6.54 Å². The first-order valence-electron chi connectivity index (χ1n) is 8.46. The minimum Gasteiger partial charge on any atom is -0.333 e. The molecule has 23 heavy (non-hydrogen) atoms. The van der Waals surface area contributed by atoms with E-state index in [0.29, 0.717) is 6.54 Å². The Balaban J connectivity index is 1.96. The van der Waals surface area contributed by atoms with Crippen LogP contribution in [0, 0.1) is 12.8 Å². The molecule has 0 spiro atoms. The average Bonchev–Trinajstić information content (AvgIpc) is 2.57. The number of hydrogen-bond acceptors (Lipinski definition) is 3. The number of amides is 2. The number of nitrogens with one attached hydrogen (secondary N) is 2. The molecule has 1 fully saturated rings. The Kier molecular flexibility index (Phi) is 6.59. The maximum atomic E-state index is 12.7. The second kappa shape index (κ2) is 8.67. The monoisotopic (exact) mass is 317 g/mol. The van der Waals surface area contributed by atoms with E-state index in [-0.39, 0.29) is 24.3 Å². The van der Waals surface area contributed by atoms with Crippen LogP contribution in [0.2, 0.25) is 0 Å². The van der Waals surface area contributed by atoms with E-state index in [1.54, 1.807) is 4.90 Å². The summed E-state index contributed by atoms with van der Waals surface area (Å²) in [5, 5.41) is 6.18. The Hall–Kier alpha value is -1.88. The fourth-order valence-corrected chi connectivity index (χ4v) is 2.94. The fraction of sp³-hybridized carbons (Fsp3) is 0.556. The van der Waals surface area contributed by atoms with Crippen molar-refractivity contribution >= 4 is 17.5 Å². The summed E-state index contributed by atoms with van der Waals surface area (Å²) >= 11 is 0. The molecule has 1 aromatic rings. The van der Waals surface area contributed by atoms with Crippen LogP contribution in [0.5, 0.6) is 0 Å². The number of benzene rings is 1. The largest absolute Gasteiger partial charge is 0.333 e. The van der Waals surface area contributed by atoms with E-state index in [9.17, 15) is 9.59 Å². The molecule has 0 radical (unpaired) electrons. The molecule has 1 aromatic carbocycles. The number of nitrogens with zero attached hydrogens (tertiary/aromatic N) is 1. The van der Waals surface area contributed by atoms with E-state index >= 15 is 0 Å². The average molecular weight is 317 g/mol. The van der Waals surface area contributed by atoms with Gasteiger partial charge in [-0.25, -0.2) is 0 Å². The molecule has 5 heteroatoms. The summed E-state index contributed by atoms with van der Waals surface area (Å²) in [6.07, 6.45) is 2.57. The van der Waals surface area contributed by atoms with E-state index in [2.05, 4.69) is 10.6 Å². The van der Waals surface area contributed by atoms with Crippen LogP contribution < -0.4 is 10.6 Å². The Morgan fingerprint density at radius 2 is 1.96 bits per heavy atom. The standard InChI is InChI=1S/C18H27N3O2/c1-3-12-21(18(23)15-8-10-19-11-9-15)13-17(22)20-16-7-5-4-6-14(16)2/h4-7,15,19H,3,8-13H2,1-2H3,(H,20,22). The van der Waals surface area contributed by atoms with E-state index in [0.717, 1.165) is 43.6 Å². The SMILES string of the molecule is CCCN(CC(=O)Nc1ccccc1C)C(=O)C1CCNCC1. The zero-order valence-electron chi connectivity index (χ0n) is 14.1. The lowest BCUT2D eigenvalue weighted by molar-refractivity contribution is -0.139. The summed E-state index contributed by atoms with van der Waals surface area (Å²) in [6.45, 7) is 6.51. The Bertz CT molecular complexity index is 539. The predicted octanol–water partition coefficient (Wildman–Crippen LogP) is 2.17. The van der Waals surface area contributed by atoms with Crippen LogP contribution >= 0.6 is 0 Å². The highest BCUT2D eigenvalue weighted by Gasteiger charge is 2.26. The van der Waals surface area contributed by atoms with Crippen LogP contribution in [0.15, 0.2) is 24.3 Å². The van der Waals surface area contributed by atoms with Crippen LogP contribution in [-0.4, -0.2) is 42.9 Å². The molecule has 1 heterocycles. The van der Waals surface area contributed by atoms with Crippen molar-refractivity contribution in [3.8, 4) is 0 Å². The molecule has 0 atom stereocenters. The van der Waals surface area contributed by atoms with Crippen molar-refractivity contribution < 1.29 is 9.59 Å². The molecule has 2 amide bonds. The van der Waals surface area contributed by atoms with Gasteiger partial charge in [0.2, 0.25) is 11.8 Å². The van der Waals surface area contributed by atoms with Crippen molar-refractivity contribution in [2.24, 2.45) is 5.92 Å². The number of aryl methyl sites for hydroxylation is 1. The molecule has 0 unspecified atom stereocenters. The van der Waals surface area contributed by atoms with Crippen molar-refractivity contribution in [3.05, 3.63) is 29.8 Å². The molecule has 1 aliphatic heterocycles. The molecule has 5 nitrogen and oxygen atoms in total. The van der Waals surface area contributed by atoms with Gasteiger partial charge in [0.1, 0.15) is 0 Å². The van der Waals surface area contributed by atoms with Gasteiger partial charge in [0, 0.05) is 18.2 Å². The molecular formula is C18H27N3O2. The molecule has 126 valence electrons. The molecule has 1 saturated heterocycles. The highest BCUT2D eigenvalue weighted by Crippen LogP contribution is 2.16. The van der Waals surface area contributed by atoms with Crippen LogP contribution in [-0.2, 0) is 9.59 Å². The number of hydrogen-bond donors (Lipinski definition) is 2. The van der Waals surface area contributed by atoms with Gasteiger partial charge in [-0.05, 0) is 50.9 Å². The van der Waals surface area contributed by atoms with Crippen molar-refractivity contribution in [1.82, 2.24) is 10.2 Å². The van der Waals surface area contributed by atoms with Crippen molar-refractivity contribution in [1.29, 1.82) is 0 Å². The second-order valence-electron chi connectivity index (χ2n) is 6.15. The molecule has 0 aliphatic carbocycles. The number of carbonyl (C=O) groups is 2. The summed E-state index contributed by atoms with van der Waals surface area (Å²) in [5.74, 6) is 0.0392. The Morgan fingerprint density at radius 1 is 1.26 bits per heavy atom. The van der Waals surface area contributed by atoms with Gasteiger partial charge in [-0.2, -0.15) is 0 Å². The zero-order chi connectivity index (χ0) is 16.7. The fourth-order valence-electron chi connectivity index (χ4n) is 2.94. The van der Waals surface area contributed by atoms with Gasteiger partial charge >= 0.3 is 0 Å². The second-order valence-corrected chi connectivity index (χ2v) is 6.15. The molecule has 0 aromatic heterocycles. The first-order valence-corrected chi connectivity index (χ1v) is 8.46. The maximum Gasteiger partial charge on any atom is 0.244 e. The maximum absolute atomic E-state index is 12.7. The summed E-state index contributed by atoms with van der Waals surface area (Å²) in [5.41, 5.74) is 1.83. The first-order chi connectivity index (χ1) is 11.1.